The number of hydrogen-bond donors (Lipinski definition) is 2. The van der Waals surface area contributed by atoms with E-state index in [1.54, 1.807) is 0 Å². The molecule has 0 aliphatic carbocycles. The molecule has 2 unspecified atom stereocenters. The molecule has 0 aromatic carbocycles. The van der Waals surface area contributed by atoms with Crippen LogP contribution in [-0.2, 0) is 4.79 Å². The normalized spacial score (nSPS) is 32.0. The summed E-state index contributed by atoms with van der Waals surface area (Å²) in [4.78, 5) is 13.1. The first-order chi connectivity index (χ1) is 8.33. The number of halogens is 4. The largest absolute Gasteiger partial charge is 0.418 e. The fraction of sp³-hybridized carbons (Fsp3) is 0.909. The Morgan fingerprint density at radius 2 is 2.05 bits per heavy atom. The average molecular weight is 303 g/mol. The molecule has 0 radical (unpaired) electrons. The Kier molecular flexibility index (Phi) is 5.08. The van der Waals surface area contributed by atoms with Crippen molar-refractivity contribution in [2.24, 2.45) is 0 Å². The molecule has 2 aliphatic rings. The number of hydrogen-bond acceptors (Lipinski definition) is 3. The van der Waals surface area contributed by atoms with E-state index in [-0.39, 0.29) is 43.7 Å². The highest BCUT2D eigenvalue weighted by molar-refractivity contribution is 5.85. The molecule has 112 valence electrons. The first-order valence-corrected chi connectivity index (χ1v) is 6.15. The Morgan fingerprint density at radius 1 is 1.37 bits per heavy atom. The van der Waals surface area contributed by atoms with Gasteiger partial charge >= 0.3 is 6.18 Å². The summed E-state index contributed by atoms with van der Waals surface area (Å²) in [6, 6.07) is -0.388. The predicted molar refractivity (Wildman–Crippen MR) is 65.1 cm³/mol. The number of piperidine rings is 1. The summed E-state index contributed by atoms with van der Waals surface area (Å²) in [6.45, 7) is 0.358. The zero-order valence-electron chi connectivity index (χ0n) is 10.4. The van der Waals surface area contributed by atoms with E-state index in [9.17, 15) is 23.1 Å². The average Bonchev–Trinajstić information content (AvgIpc) is 2.80. The van der Waals surface area contributed by atoms with Crippen molar-refractivity contribution in [2.75, 3.05) is 19.6 Å². The van der Waals surface area contributed by atoms with Crippen molar-refractivity contribution in [3.63, 3.8) is 0 Å². The molecule has 19 heavy (non-hydrogen) atoms. The van der Waals surface area contributed by atoms with Gasteiger partial charge in [-0.15, -0.1) is 12.4 Å². The van der Waals surface area contributed by atoms with Crippen LogP contribution in [0.25, 0.3) is 0 Å². The third kappa shape index (κ3) is 3.32. The second kappa shape index (κ2) is 5.85. The molecule has 2 fully saturated rings. The van der Waals surface area contributed by atoms with Crippen LogP contribution in [0.4, 0.5) is 13.2 Å². The van der Waals surface area contributed by atoms with Gasteiger partial charge in [0.15, 0.2) is 5.60 Å². The highest BCUT2D eigenvalue weighted by atomic mass is 35.5. The van der Waals surface area contributed by atoms with Crippen LogP contribution in [0.5, 0.6) is 0 Å². The Hall–Kier alpha value is -0.530. The molecule has 0 spiro atoms. The van der Waals surface area contributed by atoms with Crippen molar-refractivity contribution >= 4 is 18.3 Å². The maximum Gasteiger partial charge on any atom is 0.418 e. The zero-order valence-corrected chi connectivity index (χ0v) is 11.2. The number of aliphatic hydroxyl groups is 1. The minimum absolute atomic E-state index is 0. The number of alkyl halides is 3. The molecule has 2 saturated heterocycles. The van der Waals surface area contributed by atoms with Crippen LogP contribution in [0.2, 0.25) is 0 Å². The quantitative estimate of drug-likeness (QED) is 0.762. The Labute approximate surface area is 115 Å². The Morgan fingerprint density at radius 3 is 2.58 bits per heavy atom. The molecule has 0 aromatic rings. The number of β-amino-alcohol motifs (C(OH)–C–C–N with tert-alkyl or cyclic N) is 1. The van der Waals surface area contributed by atoms with Crippen molar-refractivity contribution in [3.05, 3.63) is 0 Å². The zero-order chi connectivity index (χ0) is 13.4. The molecule has 1 amide bonds. The van der Waals surface area contributed by atoms with E-state index in [1.807, 2.05) is 0 Å². The lowest BCUT2D eigenvalue weighted by molar-refractivity contribution is -0.272. The monoisotopic (exact) mass is 302 g/mol. The van der Waals surface area contributed by atoms with Gasteiger partial charge in [0, 0.05) is 6.54 Å². The van der Waals surface area contributed by atoms with E-state index in [0.717, 1.165) is 11.3 Å². The van der Waals surface area contributed by atoms with Crippen LogP contribution in [0, 0.1) is 0 Å². The summed E-state index contributed by atoms with van der Waals surface area (Å²) in [5.41, 5.74) is -2.75. The molecule has 4 nitrogen and oxygen atoms in total. The molecule has 2 N–H and O–H groups in total. The fourth-order valence-electron chi connectivity index (χ4n) is 2.57. The van der Waals surface area contributed by atoms with Crippen LogP contribution < -0.4 is 5.32 Å². The first-order valence-electron chi connectivity index (χ1n) is 6.15. The van der Waals surface area contributed by atoms with Gasteiger partial charge in [-0.05, 0) is 32.2 Å². The number of carbonyl (C=O) groups is 1. The van der Waals surface area contributed by atoms with Crippen molar-refractivity contribution in [1.82, 2.24) is 10.2 Å². The Bertz CT molecular complexity index is 334. The number of amides is 1. The SMILES string of the molecule is Cl.O=C(C1CCCN1)N1CCCC(O)(C(F)(F)F)C1. The minimum atomic E-state index is -4.69. The number of rotatable bonds is 1. The van der Waals surface area contributed by atoms with Gasteiger partial charge < -0.3 is 15.3 Å². The number of carbonyl (C=O) groups excluding carboxylic acids is 1. The van der Waals surface area contributed by atoms with E-state index in [0.29, 0.717) is 13.0 Å². The van der Waals surface area contributed by atoms with Crippen molar-refractivity contribution < 1.29 is 23.1 Å². The van der Waals surface area contributed by atoms with Gasteiger partial charge in [-0.1, -0.05) is 0 Å². The van der Waals surface area contributed by atoms with Crippen LogP contribution in [0.3, 0.4) is 0 Å². The lowest BCUT2D eigenvalue weighted by Crippen LogP contribution is -2.60. The standard InChI is InChI=1S/C11H17F3N2O2.ClH/c12-11(13,14)10(18)4-2-6-16(7-10)9(17)8-3-1-5-15-8;/h8,15,18H,1-7H2;1H. The molecule has 8 heteroatoms. The number of likely N-dealkylation sites (tertiary alicyclic amines) is 1. The van der Waals surface area contributed by atoms with E-state index >= 15 is 0 Å². The van der Waals surface area contributed by atoms with Crippen LogP contribution >= 0.6 is 12.4 Å². The first kappa shape index (κ1) is 16.5. The summed E-state index contributed by atoms with van der Waals surface area (Å²) < 4.78 is 38.2. The highest BCUT2D eigenvalue weighted by Crippen LogP contribution is 2.37. The number of nitrogens with one attached hydrogen (secondary N) is 1. The van der Waals surface area contributed by atoms with Gasteiger partial charge in [-0.25, -0.2) is 0 Å². The van der Waals surface area contributed by atoms with E-state index in [4.69, 9.17) is 0 Å². The van der Waals surface area contributed by atoms with Crippen molar-refractivity contribution in [1.29, 1.82) is 0 Å². The third-order valence-electron chi connectivity index (χ3n) is 3.67. The van der Waals surface area contributed by atoms with Crippen LogP contribution in [0.15, 0.2) is 0 Å². The lowest BCUT2D eigenvalue weighted by atomic mass is 9.91. The molecule has 2 rings (SSSR count). The summed E-state index contributed by atoms with van der Waals surface area (Å²) in [7, 11) is 0. The summed E-state index contributed by atoms with van der Waals surface area (Å²) in [5.74, 6) is -0.324. The van der Waals surface area contributed by atoms with Crippen molar-refractivity contribution in [3.8, 4) is 0 Å². The summed E-state index contributed by atoms with van der Waals surface area (Å²) in [6.07, 6.45) is -3.34. The van der Waals surface area contributed by atoms with Gasteiger partial charge in [0.05, 0.1) is 12.6 Å². The maximum atomic E-state index is 12.7. The molecular weight excluding hydrogens is 285 g/mol. The highest BCUT2D eigenvalue weighted by Gasteiger charge is 2.56. The Balaban J connectivity index is 0.00000180. The second-order valence-electron chi connectivity index (χ2n) is 5.04. The molecule has 2 aliphatic heterocycles. The minimum Gasteiger partial charge on any atom is -0.379 e. The molecule has 2 heterocycles. The van der Waals surface area contributed by atoms with Gasteiger partial charge in [0.25, 0.3) is 0 Å². The summed E-state index contributed by atoms with van der Waals surface area (Å²) in [5, 5.41) is 12.6. The lowest BCUT2D eigenvalue weighted by Gasteiger charge is -2.40. The molecule has 0 saturated carbocycles. The van der Waals surface area contributed by atoms with Crippen LogP contribution in [0.1, 0.15) is 25.7 Å². The third-order valence-corrected chi connectivity index (χ3v) is 3.67. The predicted octanol–water partition coefficient (Wildman–Crippen LogP) is 1.08. The van der Waals surface area contributed by atoms with Gasteiger partial charge in [0.2, 0.25) is 5.91 Å². The second-order valence-corrected chi connectivity index (χ2v) is 5.04. The van der Waals surface area contributed by atoms with Crippen molar-refractivity contribution in [2.45, 2.75) is 43.5 Å². The maximum absolute atomic E-state index is 12.7. The van der Waals surface area contributed by atoms with Crippen LogP contribution in [-0.4, -0.2) is 53.4 Å². The van der Waals surface area contributed by atoms with Gasteiger partial charge in [-0.3, -0.25) is 4.79 Å². The molecular formula is C11H18ClF3N2O2. The van der Waals surface area contributed by atoms with E-state index in [2.05, 4.69) is 5.32 Å². The fourth-order valence-corrected chi connectivity index (χ4v) is 2.57. The van der Waals surface area contributed by atoms with E-state index in [1.165, 1.54) is 0 Å². The molecule has 0 bridgehead atoms. The number of nitrogens with zero attached hydrogens (tertiary/aromatic N) is 1. The summed E-state index contributed by atoms with van der Waals surface area (Å²) >= 11 is 0. The molecule has 0 aromatic heterocycles. The topological polar surface area (TPSA) is 52.6 Å². The van der Waals surface area contributed by atoms with Gasteiger partial charge in [0.1, 0.15) is 0 Å². The van der Waals surface area contributed by atoms with Gasteiger partial charge in [-0.2, -0.15) is 13.2 Å². The smallest absolute Gasteiger partial charge is 0.379 e. The van der Waals surface area contributed by atoms with E-state index < -0.39 is 18.3 Å². The molecule has 2 atom stereocenters.